The summed E-state index contributed by atoms with van der Waals surface area (Å²) < 4.78 is 1.17. The fourth-order valence-electron chi connectivity index (χ4n) is 1.39. The van der Waals surface area contributed by atoms with Gasteiger partial charge in [0, 0.05) is 0 Å². The molecule has 2 aromatic rings. The fourth-order valence-corrected chi connectivity index (χ4v) is 18.0. The van der Waals surface area contributed by atoms with Crippen LogP contribution in [0, 0.1) is 0 Å². The van der Waals surface area contributed by atoms with Crippen molar-refractivity contribution in [1.82, 2.24) is 0 Å². The van der Waals surface area contributed by atoms with Crippen molar-refractivity contribution < 1.29 is 0 Å². The Kier molecular flexibility index (Phi) is 6.15. The Morgan fingerprint density at radius 2 is 1.18 bits per heavy atom. The van der Waals surface area contributed by atoms with Gasteiger partial charge < -0.3 is 0 Å². The maximum atomic E-state index is 3.67. The molecule has 0 aliphatic rings. The molecule has 0 saturated heterocycles. The zero-order chi connectivity index (χ0) is 11.9. The van der Waals surface area contributed by atoms with E-state index in [9.17, 15) is 0 Å². The topological polar surface area (TPSA) is 0 Å². The summed E-state index contributed by atoms with van der Waals surface area (Å²) in [5, 5.41) is 0. The molecule has 0 saturated carbocycles. The number of rotatable bonds is 5. The van der Waals surface area contributed by atoms with E-state index < -0.39 is 13.8 Å². The second-order valence-electron chi connectivity index (χ2n) is 3.45. The van der Waals surface area contributed by atoms with Crippen LogP contribution < -0.4 is 0 Å². The van der Waals surface area contributed by atoms with Crippen molar-refractivity contribution in [2.45, 2.75) is 9.79 Å². The van der Waals surface area contributed by atoms with Gasteiger partial charge in [0.05, 0.1) is 0 Å². The molecule has 0 nitrogen and oxygen atoms in total. The number of alkyl halides is 1. The molecular formula is C13H12BrGaS2. The quantitative estimate of drug-likeness (QED) is 0.528. The van der Waals surface area contributed by atoms with Crippen LogP contribution in [-0.2, 0) is 0 Å². The molecule has 86 valence electrons. The molecule has 0 heterocycles. The van der Waals surface area contributed by atoms with Gasteiger partial charge >= 0.3 is 123 Å². The number of hydrogen-bond donors (Lipinski definition) is 0. The summed E-state index contributed by atoms with van der Waals surface area (Å²) in [6.45, 7) is 0. The molecule has 0 atom stereocenters. The van der Waals surface area contributed by atoms with E-state index in [0.29, 0.717) is 0 Å². The van der Waals surface area contributed by atoms with Crippen molar-refractivity contribution in [3.8, 4) is 0 Å². The average molecular weight is 382 g/mol. The molecule has 0 amide bonds. The Hall–Kier alpha value is 0.256. The van der Waals surface area contributed by atoms with Crippen LogP contribution in [0.1, 0.15) is 0 Å². The van der Waals surface area contributed by atoms with Crippen molar-refractivity contribution >= 4 is 49.1 Å². The van der Waals surface area contributed by atoms with Crippen molar-refractivity contribution in [2.24, 2.45) is 0 Å². The molecule has 4 heteroatoms. The normalized spacial score (nSPS) is 10.2. The van der Waals surface area contributed by atoms with Gasteiger partial charge in [0.25, 0.3) is 0 Å². The molecule has 0 aromatic heterocycles. The van der Waals surface area contributed by atoms with E-state index in [2.05, 4.69) is 96.0 Å². The SMILES string of the molecule is Br[CH2][Ga]([S]c1ccccc1)[S]c1ccccc1. The second kappa shape index (κ2) is 7.64. The predicted molar refractivity (Wildman–Crippen MR) is 84.1 cm³/mol. The first-order valence-corrected chi connectivity index (χ1v) is 15.9. The van der Waals surface area contributed by atoms with Crippen LogP contribution in [0.3, 0.4) is 0 Å². The van der Waals surface area contributed by atoms with Crippen LogP contribution in [0.15, 0.2) is 70.5 Å². The van der Waals surface area contributed by atoms with Crippen molar-refractivity contribution in [3.05, 3.63) is 60.7 Å². The second-order valence-corrected chi connectivity index (χ2v) is 21.1. The Balaban J connectivity index is 1.98. The van der Waals surface area contributed by atoms with E-state index in [-0.39, 0.29) is 0 Å². The summed E-state index contributed by atoms with van der Waals surface area (Å²) >= 11 is 2.26. The van der Waals surface area contributed by atoms with E-state index in [4.69, 9.17) is 0 Å². The zero-order valence-corrected chi connectivity index (χ0v) is 14.9. The van der Waals surface area contributed by atoms with E-state index >= 15 is 0 Å². The first-order valence-electron chi connectivity index (χ1n) is 5.38. The molecule has 0 aliphatic heterocycles. The Labute approximate surface area is 122 Å². The molecule has 2 aromatic carbocycles. The molecule has 0 bridgehead atoms. The maximum absolute atomic E-state index is 3.67. The van der Waals surface area contributed by atoms with Gasteiger partial charge in [-0.05, 0) is 0 Å². The fraction of sp³-hybridized carbons (Fsp3) is 0.0769. The Morgan fingerprint density at radius 3 is 1.53 bits per heavy atom. The third kappa shape index (κ3) is 4.79. The van der Waals surface area contributed by atoms with Crippen molar-refractivity contribution in [1.29, 1.82) is 0 Å². The first-order chi connectivity index (χ1) is 8.38. The van der Waals surface area contributed by atoms with Gasteiger partial charge in [0.2, 0.25) is 0 Å². The van der Waals surface area contributed by atoms with Gasteiger partial charge in [-0.1, -0.05) is 0 Å². The Bertz CT molecular complexity index is 394. The molecule has 0 spiro atoms. The third-order valence-corrected chi connectivity index (χ3v) is 23.6. The van der Waals surface area contributed by atoms with Crippen LogP contribution in [0.5, 0.6) is 0 Å². The van der Waals surface area contributed by atoms with Gasteiger partial charge in [0.1, 0.15) is 0 Å². The summed E-state index contributed by atoms with van der Waals surface area (Å²) in [6.07, 6.45) is 0. The van der Waals surface area contributed by atoms with Gasteiger partial charge in [-0.15, -0.1) is 0 Å². The van der Waals surface area contributed by atoms with Crippen LogP contribution >= 0.6 is 35.3 Å². The molecule has 0 unspecified atom stereocenters. The molecule has 0 fully saturated rings. The van der Waals surface area contributed by atoms with E-state index in [1.165, 1.54) is 13.7 Å². The number of halogens is 1. The van der Waals surface area contributed by atoms with E-state index in [1.54, 1.807) is 0 Å². The summed E-state index contributed by atoms with van der Waals surface area (Å²) in [5.41, 5.74) is 0. The molecule has 0 N–H and O–H groups in total. The van der Waals surface area contributed by atoms with Gasteiger partial charge in [-0.2, -0.15) is 0 Å². The molecule has 17 heavy (non-hydrogen) atoms. The molecule has 0 radical (unpaired) electrons. The monoisotopic (exact) mass is 380 g/mol. The summed E-state index contributed by atoms with van der Waals surface area (Å²) in [6, 6.07) is 21.4. The van der Waals surface area contributed by atoms with Crippen molar-refractivity contribution in [2.75, 3.05) is 3.88 Å². The molecule has 0 aliphatic carbocycles. The predicted octanol–water partition coefficient (Wildman–Crippen LogP) is 4.99. The van der Waals surface area contributed by atoms with Gasteiger partial charge in [0.15, 0.2) is 0 Å². The van der Waals surface area contributed by atoms with E-state index in [1.807, 2.05) is 0 Å². The standard InChI is InChI=1S/2C6H6S.CH2Br.Ga/c2*7-6-4-2-1-3-5-6;1-2;/h2*1-5,7H;1H2;/q;;;+2/p-2. The molecule has 2 rings (SSSR count). The van der Waals surface area contributed by atoms with Gasteiger partial charge in [-0.3, -0.25) is 0 Å². The van der Waals surface area contributed by atoms with Crippen LogP contribution in [0.2, 0.25) is 0 Å². The van der Waals surface area contributed by atoms with Crippen LogP contribution in [-0.4, -0.2) is 17.6 Å². The summed E-state index contributed by atoms with van der Waals surface area (Å²) in [4.78, 5) is 2.81. The van der Waals surface area contributed by atoms with Crippen molar-refractivity contribution in [3.63, 3.8) is 0 Å². The Morgan fingerprint density at radius 1 is 0.765 bits per heavy atom. The number of benzene rings is 2. The van der Waals surface area contributed by atoms with Gasteiger partial charge in [-0.25, -0.2) is 0 Å². The van der Waals surface area contributed by atoms with Crippen LogP contribution in [0.25, 0.3) is 0 Å². The summed E-state index contributed by atoms with van der Waals surface area (Å²) in [5.74, 6) is 0. The molecular weight excluding hydrogens is 370 g/mol. The minimum atomic E-state index is -1.41. The zero-order valence-electron chi connectivity index (χ0n) is 9.25. The number of hydrogen-bond acceptors (Lipinski definition) is 2. The third-order valence-electron chi connectivity index (χ3n) is 2.15. The van der Waals surface area contributed by atoms with Crippen LogP contribution in [0.4, 0.5) is 0 Å². The summed E-state index contributed by atoms with van der Waals surface area (Å²) in [7, 11) is 4.17. The average Bonchev–Trinajstić information content (AvgIpc) is 2.40. The first kappa shape index (κ1) is 13.7. The van der Waals surface area contributed by atoms with E-state index in [0.717, 1.165) is 0 Å². The minimum absolute atomic E-state index is 1.17.